The van der Waals surface area contributed by atoms with Crippen LogP contribution < -0.4 is 0 Å². The summed E-state index contributed by atoms with van der Waals surface area (Å²) in [5.74, 6) is -0.0816. The van der Waals surface area contributed by atoms with Crippen LogP contribution in [0.1, 0.15) is 42.4 Å². The molecule has 4 nitrogen and oxygen atoms in total. The number of pyridine rings is 1. The highest BCUT2D eigenvalue weighted by Gasteiger charge is 2.28. The van der Waals surface area contributed by atoms with Crippen molar-refractivity contribution < 1.29 is 10.0 Å². The summed E-state index contributed by atoms with van der Waals surface area (Å²) < 4.78 is 0. The largest absolute Gasteiger partial charge is 0.296 e. The molecule has 0 unspecified atom stereocenters. The first kappa shape index (κ1) is 15.2. The fourth-order valence-electron chi connectivity index (χ4n) is 2.11. The molecular formula is C17H20N2O2. The Bertz CT molecular complexity index is 642. The maximum absolute atomic E-state index is 11.6. The summed E-state index contributed by atoms with van der Waals surface area (Å²) in [5, 5.41) is 10.2. The SMILES string of the molecule is C=C(C=C(C=CC)c1cnc2c(c1)CN(O)C2=O)C(C)C. The number of hydrogen-bond acceptors (Lipinski definition) is 3. The second-order valence-electron chi connectivity index (χ2n) is 5.42. The molecule has 4 heteroatoms. The van der Waals surface area contributed by atoms with Gasteiger partial charge in [-0.2, -0.15) is 0 Å². The van der Waals surface area contributed by atoms with Gasteiger partial charge in [-0.1, -0.05) is 44.2 Å². The van der Waals surface area contributed by atoms with Gasteiger partial charge in [-0.15, -0.1) is 0 Å². The van der Waals surface area contributed by atoms with Crippen LogP contribution in [-0.4, -0.2) is 21.2 Å². The minimum absolute atomic E-state index is 0.184. The van der Waals surface area contributed by atoms with Gasteiger partial charge < -0.3 is 0 Å². The Morgan fingerprint density at radius 3 is 2.86 bits per heavy atom. The van der Waals surface area contributed by atoms with Crippen LogP contribution in [-0.2, 0) is 6.54 Å². The van der Waals surface area contributed by atoms with Crippen LogP contribution in [0.2, 0.25) is 0 Å². The Labute approximate surface area is 125 Å². The predicted molar refractivity (Wildman–Crippen MR) is 82.7 cm³/mol. The van der Waals surface area contributed by atoms with Crippen molar-refractivity contribution in [3.63, 3.8) is 0 Å². The van der Waals surface area contributed by atoms with Gasteiger partial charge in [-0.05, 0) is 24.5 Å². The molecule has 0 saturated carbocycles. The van der Waals surface area contributed by atoms with E-state index < -0.39 is 5.91 Å². The van der Waals surface area contributed by atoms with Crippen LogP contribution >= 0.6 is 0 Å². The molecule has 0 aromatic carbocycles. The third-order valence-corrected chi connectivity index (χ3v) is 3.49. The summed E-state index contributed by atoms with van der Waals surface area (Å²) in [7, 11) is 0. The van der Waals surface area contributed by atoms with E-state index in [-0.39, 0.29) is 6.54 Å². The number of fused-ring (bicyclic) bond motifs is 1. The monoisotopic (exact) mass is 284 g/mol. The van der Waals surface area contributed by atoms with Gasteiger partial charge in [0, 0.05) is 17.3 Å². The molecule has 0 spiro atoms. The van der Waals surface area contributed by atoms with E-state index in [4.69, 9.17) is 0 Å². The lowest BCUT2D eigenvalue weighted by atomic mass is 9.98. The topological polar surface area (TPSA) is 53.4 Å². The van der Waals surface area contributed by atoms with E-state index in [0.29, 0.717) is 16.7 Å². The smallest absolute Gasteiger partial charge is 0.285 e. The summed E-state index contributed by atoms with van der Waals surface area (Å²) in [6, 6.07) is 1.90. The third kappa shape index (κ3) is 3.11. The zero-order chi connectivity index (χ0) is 15.6. The third-order valence-electron chi connectivity index (χ3n) is 3.49. The van der Waals surface area contributed by atoms with E-state index in [1.807, 2.05) is 31.2 Å². The second-order valence-corrected chi connectivity index (χ2v) is 5.42. The molecule has 110 valence electrons. The Kier molecular flexibility index (Phi) is 4.38. The highest BCUT2D eigenvalue weighted by Crippen LogP contribution is 2.25. The van der Waals surface area contributed by atoms with Gasteiger partial charge in [0.1, 0.15) is 5.69 Å². The fraction of sp³-hybridized carbons (Fsp3) is 0.294. The lowest BCUT2D eigenvalue weighted by Gasteiger charge is -2.08. The number of amides is 1. The number of carbonyl (C=O) groups is 1. The van der Waals surface area contributed by atoms with Crippen molar-refractivity contribution in [3.8, 4) is 0 Å². The predicted octanol–water partition coefficient (Wildman–Crippen LogP) is 3.60. The first-order valence-corrected chi connectivity index (χ1v) is 6.97. The van der Waals surface area contributed by atoms with Gasteiger partial charge in [0.25, 0.3) is 5.91 Å². The van der Waals surface area contributed by atoms with Crippen molar-refractivity contribution in [1.29, 1.82) is 0 Å². The van der Waals surface area contributed by atoms with Gasteiger partial charge in [0.05, 0.1) is 6.54 Å². The molecule has 0 aliphatic carbocycles. The number of aromatic nitrogens is 1. The Balaban J connectivity index is 2.42. The van der Waals surface area contributed by atoms with Crippen molar-refractivity contribution in [2.75, 3.05) is 0 Å². The average molecular weight is 284 g/mol. The number of rotatable bonds is 4. The fourth-order valence-corrected chi connectivity index (χ4v) is 2.11. The lowest BCUT2D eigenvalue weighted by molar-refractivity contribution is -0.0580. The average Bonchev–Trinajstić information content (AvgIpc) is 2.73. The second kappa shape index (κ2) is 6.06. The number of hydroxylamine groups is 2. The maximum Gasteiger partial charge on any atom is 0.296 e. The van der Waals surface area contributed by atoms with Gasteiger partial charge >= 0.3 is 0 Å². The zero-order valence-corrected chi connectivity index (χ0v) is 12.6. The molecule has 1 aliphatic heterocycles. The standard InChI is InChI=1S/C17H20N2O2/c1-5-6-13(7-12(4)11(2)3)14-8-15-10-19(21)17(20)16(15)18-9-14/h5-9,11,21H,4,10H2,1-3H3. The van der Waals surface area contributed by atoms with Gasteiger partial charge in [0.15, 0.2) is 0 Å². The lowest BCUT2D eigenvalue weighted by Crippen LogP contribution is -2.18. The van der Waals surface area contributed by atoms with E-state index in [1.165, 1.54) is 0 Å². The maximum atomic E-state index is 11.6. The minimum atomic E-state index is -0.445. The number of hydrogen-bond donors (Lipinski definition) is 1. The van der Waals surface area contributed by atoms with Gasteiger partial charge in [0.2, 0.25) is 0 Å². The summed E-state index contributed by atoms with van der Waals surface area (Å²) in [5.41, 5.74) is 4.00. The molecule has 1 aliphatic rings. The van der Waals surface area contributed by atoms with Crippen LogP contribution in [0.25, 0.3) is 5.57 Å². The molecule has 1 N–H and O–H groups in total. The highest BCUT2D eigenvalue weighted by atomic mass is 16.5. The molecule has 1 aromatic heterocycles. The molecule has 0 bridgehead atoms. The Morgan fingerprint density at radius 1 is 1.52 bits per heavy atom. The highest BCUT2D eigenvalue weighted by molar-refractivity contribution is 5.96. The van der Waals surface area contributed by atoms with E-state index >= 15 is 0 Å². The molecule has 21 heavy (non-hydrogen) atoms. The Morgan fingerprint density at radius 2 is 2.24 bits per heavy atom. The zero-order valence-electron chi connectivity index (χ0n) is 12.6. The van der Waals surface area contributed by atoms with Crippen LogP contribution in [0.4, 0.5) is 0 Å². The van der Waals surface area contributed by atoms with Crippen molar-refractivity contribution in [2.45, 2.75) is 27.3 Å². The number of nitrogens with zero attached hydrogens (tertiary/aromatic N) is 2. The van der Waals surface area contributed by atoms with E-state index in [2.05, 4.69) is 25.4 Å². The van der Waals surface area contributed by atoms with Crippen LogP contribution in [0.5, 0.6) is 0 Å². The normalized spacial score (nSPS) is 15.2. The van der Waals surface area contributed by atoms with E-state index in [1.54, 1.807) is 6.20 Å². The molecule has 0 fully saturated rings. The summed E-state index contributed by atoms with van der Waals surface area (Å²) >= 11 is 0. The minimum Gasteiger partial charge on any atom is -0.285 e. The molecular weight excluding hydrogens is 264 g/mol. The molecule has 0 atom stereocenters. The number of carbonyl (C=O) groups excluding carboxylic acids is 1. The molecule has 0 saturated heterocycles. The van der Waals surface area contributed by atoms with Crippen LogP contribution in [0, 0.1) is 5.92 Å². The summed E-state index contributed by atoms with van der Waals surface area (Å²) in [6.07, 6.45) is 7.64. The summed E-state index contributed by atoms with van der Waals surface area (Å²) in [6.45, 7) is 10.4. The summed E-state index contributed by atoms with van der Waals surface area (Å²) in [4.78, 5) is 15.8. The first-order valence-electron chi connectivity index (χ1n) is 6.97. The first-order chi connectivity index (χ1) is 9.93. The quantitative estimate of drug-likeness (QED) is 0.679. The molecule has 1 aromatic rings. The molecule has 2 heterocycles. The van der Waals surface area contributed by atoms with Crippen molar-refractivity contribution in [2.24, 2.45) is 5.92 Å². The van der Waals surface area contributed by atoms with Crippen molar-refractivity contribution >= 4 is 11.5 Å². The van der Waals surface area contributed by atoms with Gasteiger partial charge in [-0.25, -0.2) is 10.0 Å². The van der Waals surface area contributed by atoms with E-state index in [9.17, 15) is 10.0 Å². The Hall–Kier alpha value is -2.20. The molecule has 0 radical (unpaired) electrons. The van der Waals surface area contributed by atoms with Crippen molar-refractivity contribution in [1.82, 2.24) is 10.0 Å². The van der Waals surface area contributed by atoms with E-state index in [0.717, 1.165) is 22.3 Å². The van der Waals surface area contributed by atoms with Crippen LogP contribution in [0.15, 0.2) is 42.6 Å². The van der Waals surface area contributed by atoms with Crippen LogP contribution in [0.3, 0.4) is 0 Å². The van der Waals surface area contributed by atoms with Crippen molar-refractivity contribution in [3.05, 3.63) is 59.5 Å². The van der Waals surface area contributed by atoms with Gasteiger partial charge in [-0.3, -0.25) is 10.0 Å². The molecule has 1 amide bonds. The number of allylic oxidation sites excluding steroid dienone is 5. The molecule has 2 rings (SSSR count).